The third-order valence-corrected chi connectivity index (χ3v) is 3.70. The van der Waals surface area contributed by atoms with Crippen molar-refractivity contribution in [2.45, 2.75) is 26.3 Å². The maximum Gasteiger partial charge on any atom is 0.326 e. The number of carboxylic acid groups (broad SMARTS) is 1. The van der Waals surface area contributed by atoms with Crippen LogP contribution in [0.4, 0.5) is 10.5 Å². The highest BCUT2D eigenvalue weighted by molar-refractivity contribution is 9.10. The quantitative estimate of drug-likeness (QED) is 0.746. The van der Waals surface area contributed by atoms with E-state index in [2.05, 4.69) is 26.6 Å². The van der Waals surface area contributed by atoms with Crippen LogP contribution in [0.1, 0.15) is 20.3 Å². The largest absolute Gasteiger partial charge is 0.480 e. The molecule has 0 aliphatic rings. The second-order valence-electron chi connectivity index (χ2n) is 4.75. The number of hydrogen-bond donors (Lipinski definition) is 3. The van der Waals surface area contributed by atoms with Crippen molar-refractivity contribution in [3.8, 4) is 0 Å². The molecular weight excluding hydrogens is 348 g/mol. The predicted molar refractivity (Wildman–Crippen MR) is 82.2 cm³/mol. The minimum atomic E-state index is -1.05. The minimum Gasteiger partial charge on any atom is -0.480 e. The molecule has 0 aliphatic carbocycles. The fourth-order valence-electron chi connectivity index (χ4n) is 1.59. The molecule has 0 fully saturated rings. The van der Waals surface area contributed by atoms with Gasteiger partial charge in [-0.3, -0.25) is 0 Å². The number of carbonyl (C=O) groups excluding carboxylic acids is 1. The average Bonchev–Trinajstić information content (AvgIpc) is 2.32. The maximum atomic E-state index is 11.8. The molecule has 3 N–H and O–H groups in total. The van der Waals surface area contributed by atoms with Gasteiger partial charge in [0.05, 0.1) is 5.02 Å². The number of benzene rings is 1. The third kappa shape index (κ3) is 5.38. The van der Waals surface area contributed by atoms with E-state index < -0.39 is 18.0 Å². The number of aliphatic carboxylic acids is 1. The Morgan fingerprint density at radius 1 is 1.40 bits per heavy atom. The number of nitrogens with one attached hydrogen (secondary N) is 2. The van der Waals surface area contributed by atoms with Gasteiger partial charge < -0.3 is 15.7 Å². The number of hydrogen-bond acceptors (Lipinski definition) is 2. The monoisotopic (exact) mass is 362 g/mol. The van der Waals surface area contributed by atoms with Crippen LogP contribution in [0.15, 0.2) is 22.7 Å². The average molecular weight is 364 g/mol. The fourth-order valence-corrected chi connectivity index (χ4v) is 2.09. The number of amides is 2. The Morgan fingerprint density at radius 3 is 2.55 bits per heavy atom. The van der Waals surface area contributed by atoms with Gasteiger partial charge in [-0.15, -0.1) is 0 Å². The maximum absolute atomic E-state index is 11.8. The summed E-state index contributed by atoms with van der Waals surface area (Å²) >= 11 is 9.09. The van der Waals surface area contributed by atoms with Gasteiger partial charge in [0.1, 0.15) is 6.04 Å². The van der Waals surface area contributed by atoms with Crippen LogP contribution in [0.5, 0.6) is 0 Å². The first-order valence-electron chi connectivity index (χ1n) is 6.05. The van der Waals surface area contributed by atoms with Gasteiger partial charge in [0, 0.05) is 10.2 Å². The molecule has 1 rings (SSSR count). The van der Waals surface area contributed by atoms with Gasteiger partial charge >= 0.3 is 12.0 Å². The molecule has 0 heterocycles. The molecule has 0 aromatic heterocycles. The van der Waals surface area contributed by atoms with Gasteiger partial charge in [0.2, 0.25) is 0 Å². The first-order chi connectivity index (χ1) is 9.29. The van der Waals surface area contributed by atoms with Crippen molar-refractivity contribution in [1.29, 1.82) is 0 Å². The van der Waals surface area contributed by atoms with Crippen LogP contribution >= 0.6 is 27.5 Å². The molecule has 0 bridgehead atoms. The zero-order valence-corrected chi connectivity index (χ0v) is 13.5. The summed E-state index contributed by atoms with van der Waals surface area (Å²) in [5, 5.41) is 14.6. The summed E-state index contributed by atoms with van der Waals surface area (Å²) in [5.41, 5.74) is 0.521. The van der Waals surface area contributed by atoms with E-state index in [1.807, 2.05) is 13.8 Å². The summed E-state index contributed by atoms with van der Waals surface area (Å²) in [6.45, 7) is 3.79. The Morgan fingerprint density at radius 2 is 2.05 bits per heavy atom. The van der Waals surface area contributed by atoms with Crippen molar-refractivity contribution in [2.24, 2.45) is 5.92 Å². The van der Waals surface area contributed by atoms with Crippen LogP contribution in [0.3, 0.4) is 0 Å². The van der Waals surface area contributed by atoms with E-state index in [1.54, 1.807) is 18.2 Å². The first kappa shape index (κ1) is 16.8. The zero-order chi connectivity index (χ0) is 15.3. The standard InChI is InChI=1S/C13H16BrClN2O3/c1-7(2)5-11(12(18)19)17-13(20)16-8-3-4-10(15)9(14)6-8/h3-4,6-7,11H,5H2,1-2H3,(H,18,19)(H2,16,17,20)/t11-/m0/s1. The number of carboxylic acids is 1. The Kier molecular flexibility index (Phi) is 6.29. The van der Waals surface area contributed by atoms with Crippen molar-refractivity contribution in [3.63, 3.8) is 0 Å². The van der Waals surface area contributed by atoms with Crippen molar-refractivity contribution < 1.29 is 14.7 Å². The Bertz CT molecular complexity index is 508. The molecule has 1 aromatic carbocycles. The van der Waals surface area contributed by atoms with Gasteiger partial charge in [-0.1, -0.05) is 25.4 Å². The zero-order valence-electron chi connectivity index (χ0n) is 11.1. The highest BCUT2D eigenvalue weighted by Gasteiger charge is 2.21. The minimum absolute atomic E-state index is 0.168. The molecule has 0 saturated carbocycles. The SMILES string of the molecule is CC(C)C[C@H](NC(=O)Nc1ccc(Cl)c(Br)c1)C(=O)O. The highest BCUT2D eigenvalue weighted by Crippen LogP contribution is 2.25. The summed E-state index contributed by atoms with van der Waals surface area (Å²) in [6, 6.07) is 3.42. The normalized spacial score (nSPS) is 12.1. The molecule has 110 valence electrons. The van der Waals surface area contributed by atoms with Crippen LogP contribution in [0.2, 0.25) is 5.02 Å². The van der Waals surface area contributed by atoms with Gasteiger partial charge in [0.25, 0.3) is 0 Å². The number of halogens is 2. The molecule has 0 unspecified atom stereocenters. The number of anilines is 1. The summed E-state index contributed by atoms with van der Waals surface area (Å²) in [5.74, 6) is -0.882. The molecule has 0 radical (unpaired) electrons. The van der Waals surface area contributed by atoms with Crippen LogP contribution in [-0.2, 0) is 4.79 Å². The molecular formula is C13H16BrClN2O3. The van der Waals surface area contributed by atoms with Crippen molar-refractivity contribution >= 4 is 45.2 Å². The first-order valence-corrected chi connectivity index (χ1v) is 7.22. The van der Waals surface area contributed by atoms with Crippen LogP contribution in [-0.4, -0.2) is 23.1 Å². The lowest BCUT2D eigenvalue weighted by Crippen LogP contribution is -2.43. The molecule has 1 atom stereocenters. The molecule has 0 spiro atoms. The van der Waals surface area contributed by atoms with E-state index in [0.29, 0.717) is 21.6 Å². The molecule has 0 saturated heterocycles. The number of rotatable bonds is 5. The van der Waals surface area contributed by atoms with Crippen LogP contribution in [0, 0.1) is 5.92 Å². The van der Waals surface area contributed by atoms with E-state index in [9.17, 15) is 9.59 Å². The molecule has 7 heteroatoms. The smallest absolute Gasteiger partial charge is 0.326 e. The Labute approximate surface area is 130 Å². The van der Waals surface area contributed by atoms with E-state index in [-0.39, 0.29) is 5.92 Å². The lowest BCUT2D eigenvalue weighted by molar-refractivity contribution is -0.139. The summed E-state index contributed by atoms with van der Waals surface area (Å²) in [7, 11) is 0. The van der Waals surface area contributed by atoms with E-state index >= 15 is 0 Å². The Balaban J connectivity index is 2.65. The second-order valence-corrected chi connectivity index (χ2v) is 6.01. The molecule has 20 heavy (non-hydrogen) atoms. The topological polar surface area (TPSA) is 78.4 Å². The lowest BCUT2D eigenvalue weighted by atomic mass is 10.0. The van der Waals surface area contributed by atoms with Gasteiger partial charge in [-0.05, 0) is 46.5 Å². The van der Waals surface area contributed by atoms with E-state index in [1.165, 1.54) is 0 Å². The molecule has 0 aliphatic heterocycles. The summed E-state index contributed by atoms with van der Waals surface area (Å²) in [6.07, 6.45) is 0.368. The lowest BCUT2D eigenvalue weighted by Gasteiger charge is -2.17. The third-order valence-electron chi connectivity index (χ3n) is 2.49. The van der Waals surface area contributed by atoms with Crippen LogP contribution < -0.4 is 10.6 Å². The molecule has 1 aromatic rings. The van der Waals surface area contributed by atoms with Crippen molar-refractivity contribution in [1.82, 2.24) is 5.32 Å². The summed E-state index contributed by atoms with van der Waals surface area (Å²) in [4.78, 5) is 22.8. The summed E-state index contributed by atoms with van der Waals surface area (Å²) < 4.78 is 0.647. The molecule has 2 amide bonds. The van der Waals surface area contributed by atoms with Crippen LogP contribution in [0.25, 0.3) is 0 Å². The highest BCUT2D eigenvalue weighted by atomic mass is 79.9. The number of urea groups is 1. The second kappa shape index (κ2) is 7.50. The predicted octanol–water partition coefficient (Wildman–Crippen LogP) is 3.72. The fraction of sp³-hybridized carbons (Fsp3) is 0.385. The molecule has 5 nitrogen and oxygen atoms in total. The van der Waals surface area contributed by atoms with E-state index in [4.69, 9.17) is 16.7 Å². The number of carbonyl (C=O) groups is 2. The van der Waals surface area contributed by atoms with Crippen molar-refractivity contribution in [2.75, 3.05) is 5.32 Å². The van der Waals surface area contributed by atoms with E-state index in [0.717, 1.165) is 0 Å². The van der Waals surface area contributed by atoms with Crippen molar-refractivity contribution in [3.05, 3.63) is 27.7 Å². The van der Waals surface area contributed by atoms with Gasteiger partial charge in [-0.25, -0.2) is 9.59 Å². The van der Waals surface area contributed by atoms with Gasteiger partial charge in [0.15, 0.2) is 0 Å². The Hall–Kier alpha value is -1.27. The van der Waals surface area contributed by atoms with Gasteiger partial charge in [-0.2, -0.15) is 0 Å².